The van der Waals surface area contributed by atoms with Gasteiger partial charge in [-0.1, -0.05) is 93.2 Å². The van der Waals surface area contributed by atoms with E-state index in [2.05, 4.69) is 165 Å². The van der Waals surface area contributed by atoms with E-state index in [1.807, 2.05) is 24.3 Å². The average Bonchev–Trinajstić information content (AvgIpc) is 3.81. The number of para-hydroxylation sites is 2. The van der Waals surface area contributed by atoms with Crippen molar-refractivity contribution in [1.29, 1.82) is 0 Å². The Balaban J connectivity index is 0.000000229. The number of rotatable bonds is 7. The van der Waals surface area contributed by atoms with Crippen LogP contribution in [0.3, 0.4) is 0 Å². The van der Waals surface area contributed by atoms with Crippen LogP contribution in [0.4, 0.5) is 0 Å². The minimum absolute atomic E-state index is 0. The first-order valence-corrected chi connectivity index (χ1v) is 27.4. The quantitative estimate of drug-likeness (QED) is 0.118. The minimum Gasteiger partial charge on any atom is 0 e. The molecule has 3 heterocycles. The molecule has 299 valence electrons. The monoisotopic (exact) mass is 1020 g/mol. The van der Waals surface area contributed by atoms with Gasteiger partial charge in [0, 0.05) is 31.2 Å². The van der Waals surface area contributed by atoms with Gasteiger partial charge in [-0.2, -0.15) is 0 Å². The van der Waals surface area contributed by atoms with E-state index in [0.717, 1.165) is 44.4 Å². The fourth-order valence-corrected chi connectivity index (χ4v) is 10.4. The van der Waals surface area contributed by atoms with Gasteiger partial charge in [-0.25, -0.2) is 0 Å². The van der Waals surface area contributed by atoms with Crippen LogP contribution in [-0.2, 0) is 20.1 Å². The van der Waals surface area contributed by atoms with E-state index < -0.39 is 20.1 Å². The molecule has 0 aliphatic rings. The molecule has 59 heavy (non-hydrogen) atoms. The molecular weight excluding hydrogens is 959 g/mol. The summed E-state index contributed by atoms with van der Waals surface area (Å²) in [5.41, 5.74) is 13.4. The van der Waals surface area contributed by atoms with E-state index in [1.165, 1.54) is 33.5 Å². The van der Waals surface area contributed by atoms with E-state index in [0.29, 0.717) is 27.5 Å². The molecule has 0 unspecified atom stereocenters. The van der Waals surface area contributed by atoms with Crippen LogP contribution in [0.15, 0.2) is 138 Å². The van der Waals surface area contributed by atoms with Crippen LogP contribution < -0.4 is 4.40 Å². The smallest absolute Gasteiger partial charge is 0 e. The average molecular weight is 1010 g/mol. The molecule has 9 aromatic rings. The second-order valence-electron chi connectivity index (χ2n) is 16.7. The van der Waals surface area contributed by atoms with Gasteiger partial charge in [-0.15, -0.1) is 18.2 Å². The standard InChI is InChI=1S/C38H33N2O.C15H18GeN.Ir/c1-23(2)31-21-27(26-12-7-6-8-13-26)22-32(24(3)4)36(31)40-34-17-10-9-16-33(34)39-38(40)30-15-11-14-29-28-19-18-25(5)20-35(28)41-37(29)30;1-12-14(16(2,3)4)10-11-15(17-12)13-8-6-5-7-9-13;/h6-14,16-24H,1-5H3;5-8,10-11H,1-4H3;/q2*-1;/i;1D3,10D;. The van der Waals surface area contributed by atoms with E-state index >= 15 is 0 Å². The topological polar surface area (TPSA) is 43.9 Å². The van der Waals surface area contributed by atoms with Crippen molar-refractivity contribution < 1.29 is 30.0 Å². The molecule has 0 saturated carbocycles. The Hall–Kier alpha value is -5.07. The van der Waals surface area contributed by atoms with Crippen LogP contribution in [0.2, 0.25) is 17.3 Å². The maximum Gasteiger partial charge on any atom is 0 e. The van der Waals surface area contributed by atoms with Gasteiger partial charge in [0.25, 0.3) is 0 Å². The Kier molecular flexibility index (Phi) is 10.8. The second kappa shape index (κ2) is 17.3. The number of imidazole rings is 1. The number of furan rings is 1. The van der Waals surface area contributed by atoms with Crippen molar-refractivity contribution in [2.45, 2.75) is 70.6 Å². The van der Waals surface area contributed by atoms with Crippen molar-refractivity contribution in [3.05, 3.63) is 168 Å². The van der Waals surface area contributed by atoms with Crippen LogP contribution in [0, 0.1) is 25.9 Å². The zero-order chi connectivity index (χ0) is 44.1. The molecule has 0 N–H and O–H groups in total. The normalized spacial score (nSPS) is 12.8. The Labute approximate surface area is 371 Å². The molecule has 0 aliphatic heterocycles. The largest absolute Gasteiger partial charge is 0 e. The van der Waals surface area contributed by atoms with Crippen LogP contribution in [0.5, 0.6) is 0 Å². The first-order valence-electron chi connectivity index (χ1n) is 22.1. The van der Waals surface area contributed by atoms with Gasteiger partial charge in [0.15, 0.2) is 0 Å². The SMILES string of the molecule is Cc1ccc2c(c1)oc1c(-c3nc4ccccc4n3-c3c(C(C)C)cc(-c4ccccc4)cc3C(C)C)[c-]ccc12.[2H]c1cc(-c2[c-]cccc2)nc(C([2H])([2H])[2H])[c]1[Ge]([CH3])([CH3])[CH3].[Ir]. The summed E-state index contributed by atoms with van der Waals surface area (Å²) in [6.45, 7) is 8.93. The molecule has 0 aliphatic carbocycles. The molecular formula is C53H51GeIrN3O-2. The number of pyridine rings is 1. The van der Waals surface area contributed by atoms with Crippen LogP contribution >= 0.6 is 0 Å². The molecule has 9 rings (SSSR count). The molecule has 1 radical (unpaired) electrons. The number of benzene rings is 6. The van der Waals surface area contributed by atoms with Crippen LogP contribution in [0.25, 0.3) is 72.4 Å². The number of aromatic nitrogens is 3. The van der Waals surface area contributed by atoms with Gasteiger partial charge < -0.3 is 8.98 Å². The van der Waals surface area contributed by atoms with Gasteiger partial charge in [0.05, 0.1) is 22.4 Å². The number of fused-ring (bicyclic) bond motifs is 4. The Morgan fingerprint density at radius 3 is 2.12 bits per heavy atom. The van der Waals surface area contributed by atoms with Crippen LogP contribution in [0.1, 0.15) is 67.4 Å². The molecule has 0 fully saturated rings. The summed E-state index contributed by atoms with van der Waals surface area (Å²) in [6, 6.07) is 50.1. The van der Waals surface area contributed by atoms with Gasteiger partial charge in [0.1, 0.15) is 5.58 Å². The molecule has 0 spiro atoms. The summed E-state index contributed by atoms with van der Waals surface area (Å²) in [4.78, 5) is 9.62. The van der Waals surface area contributed by atoms with Crippen molar-refractivity contribution in [1.82, 2.24) is 14.5 Å². The van der Waals surface area contributed by atoms with Crippen molar-refractivity contribution in [2.75, 3.05) is 0 Å². The fraction of sp³-hybridized carbons (Fsp3) is 0.208. The van der Waals surface area contributed by atoms with Gasteiger partial charge in [0.2, 0.25) is 0 Å². The van der Waals surface area contributed by atoms with Gasteiger partial charge >= 0.3 is 112 Å². The molecule has 6 heteroatoms. The van der Waals surface area contributed by atoms with Crippen molar-refractivity contribution >= 4 is 50.6 Å². The van der Waals surface area contributed by atoms with Gasteiger partial charge in [-0.05, 0) is 76.9 Å². The third kappa shape index (κ3) is 8.39. The fourth-order valence-electron chi connectivity index (χ4n) is 7.73. The zero-order valence-electron chi connectivity index (χ0n) is 38.9. The molecule has 6 aromatic carbocycles. The summed E-state index contributed by atoms with van der Waals surface area (Å²) in [5, 5.41) is 2.20. The summed E-state index contributed by atoms with van der Waals surface area (Å²) in [7, 11) is 0. The molecule has 0 bridgehead atoms. The third-order valence-electron chi connectivity index (χ3n) is 10.7. The molecule has 3 aromatic heterocycles. The predicted molar refractivity (Wildman–Crippen MR) is 247 cm³/mol. The summed E-state index contributed by atoms with van der Waals surface area (Å²) >= 11 is -2.51. The number of nitrogens with zero attached hydrogens (tertiary/aromatic N) is 3. The number of aryl methyl sites for hydroxylation is 2. The first kappa shape index (κ1) is 37.0. The first-order chi connectivity index (χ1) is 29.5. The summed E-state index contributed by atoms with van der Waals surface area (Å²) in [6.07, 6.45) is 0. The van der Waals surface area contributed by atoms with E-state index in [9.17, 15) is 0 Å². The third-order valence-corrected chi connectivity index (χ3v) is 14.6. The Morgan fingerprint density at radius 2 is 1.44 bits per heavy atom. The number of hydrogen-bond acceptors (Lipinski definition) is 3. The maximum atomic E-state index is 8.28. The van der Waals surface area contributed by atoms with E-state index in [1.54, 1.807) is 12.1 Å². The zero-order valence-corrected chi connectivity index (χ0v) is 39.4. The minimum atomic E-state index is -2.51. The predicted octanol–water partition coefficient (Wildman–Crippen LogP) is 14.0. The molecule has 0 amide bonds. The Bertz CT molecular complexity index is 3050. The molecule has 0 atom stereocenters. The van der Waals surface area contributed by atoms with E-state index in [-0.39, 0.29) is 31.8 Å². The van der Waals surface area contributed by atoms with Crippen molar-refractivity contribution in [3.63, 3.8) is 0 Å². The van der Waals surface area contributed by atoms with Crippen molar-refractivity contribution in [3.8, 4) is 39.5 Å². The second-order valence-corrected chi connectivity index (χ2v) is 27.2. The van der Waals surface area contributed by atoms with Crippen molar-refractivity contribution in [2.24, 2.45) is 0 Å². The maximum absolute atomic E-state index is 8.28. The molecule has 4 nitrogen and oxygen atoms in total. The Morgan fingerprint density at radius 1 is 0.729 bits per heavy atom. The van der Waals surface area contributed by atoms with Crippen LogP contribution in [-0.4, -0.2) is 27.8 Å². The summed E-state index contributed by atoms with van der Waals surface area (Å²) in [5.74, 6) is 7.70. The molecule has 0 saturated heterocycles. The van der Waals surface area contributed by atoms with E-state index in [4.69, 9.17) is 14.9 Å². The summed E-state index contributed by atoms with van der Waals surface area (Å²) < 4.78 is 41.1. The number of hydrogen-bond donors (Lipinski definition) is 0. The van der Waals surface area contributed by atoms with Gasteiger partial charge in [-0.3, -0.25) is 4.98 Å².